The number of aryl methyl sites for hydroxylation is 1. The molecular formula is C14H14N2O3S. The largest absolute Gasteiger partial charge is 0.438 e. The standard InChI is InChI=1S/C14H14N2O3S/c1-10-13(19-9-16-10)14(18)15-8-12-11(5-7-20-12)4-2-3-6-17/h5,7,9,17H,3,6,8H2,1H3,(H,15,18). The van der Waals surface area contributed by atoms with Gasteiger partial charge in [-0.05, 0) is 18.4 Å². The third-order valence-electron chi connectivity index (χ3n) is 2.57. The number of oxazole rings is 1. The average Bonchev–Trinajstić information content (AvgIpc) is 3.05. The van der Waals surface area contributed by atoms with Crippen LogP contribution in [0.25, 0.3) is 0 Å². The van der Waals surface area contributed by atoms with Crippen LogP contribution in [-0.4, -0.2) is 22.6 Å². The Kier molecular flexibility index (Phi) is 4.93. The third-order valence-corrected chi connectivity index (χ3v) is 3.49. The van der Waals surface area contributed by atoms with Gasteiger partial charge in [-0.2, -0.15) is 0 Å². The highest BCUT2D eigenvalue weighted by Crippen LogP contribution is 2.16. The summed E-state index contributed by atoms with van der Waals surface area (Å²) in [4.78, 5) is 16.7. The van der Waals surface area contributed by atoms with E-state index >= 15 is 0 Å². The number of amides is 1. The highest BCUT2D eigenvalue weighted by Gasteiger charge is 2.14. The van der Waals surface area contributed by atoms with Crippen molar-refractivity contribution < 1.29 is 14.3 Å². The lowest BCUT2D eigenvalue weighted by molar-refractivity contribution is 0.0922. The highest BCUT2D eigenvalue weighted by atomic mass is 32.1. The molecule has 2 N–H and O–H groups in total. The second kappa shape index (κ2) is 6.89. The number of carbonyl (C=O) groups is 1. The fourth-order valence-electron chi connectivity index (χ4n) is 1.56. The van der Waals surface area contributed by atoms with E-state index in [0.29, 0.717) is 18.7 Å². The number of hydrogen-bond acceptors (Lipinski definition) is 5. The Morgan fingerprint density at radius 3 is 3.15 bits per heavy atom. The molecule has 0 aliphatic carbocycles. The number of nitrogens with zero attached hydrogens (tertiary/aromatic N) is 1. The predicted octanol–water partition coefficient (Wildman–Crippen LogP) is 1.71. The van der Waals surface area contributed by atoms with Gasteiger partial charge in [0.05, 0.1) is 18.8 Å². The number of thiophene rings is 1. The maximum Gasteiger partial charge on any atom is 0.289 e. The minimum Gasteiger partial charge on any atom is -0.438 e. The van der Waals surface area contributed by atoms with Crippen molar-refractivity contribution in [2.45, 2.75) is 19.9 Å². The van der Waals surface area contributed by atoms with Crippen molar-refractivity contribution >= 4 is 17.2 Å². The Balaban J connectivity index is 1.98. The first-order valence-corrected chi connectivity index (χ1v) is 6.94. The van der Waals surface area contributed by atoms with Crippen molar-refractivity contribution in [3.63, 3.8) is 0 Å². The predicted molar refractivity (Wildman–Crippen MR) is 75.3 cm³/mol. The highest BCUT2D eigenvalue weighted by molar-refractivity contribution is 7.10. The Bertz CT molecular complexity index is 649. The van der Waals surface area contributed by atoms with E-state index in [0.717, 1.165) is 10.4 Å². The molecule has 0 spiro atoms. The molecule has 2 rings (SSSR count). The van der Waals surface area contributed by atoms with Crippen LogP contribution in [-0.2, 0) is 6.54 Å². The van der Waals surface area contributed by atoms with Crippen molar-refractivity contribution in [2.24, 2.45) is 0 Å². The summed E-state index contributed by atoms with van der Waals surface area (Å²) in [7, 11) is 0. The molecule has 0 fully saturated rings. The molecule has 5 nitrogen and oxygen atoms in total. The van der Waals surface area contributed by atoms with Gasteiger partial charge in [0, 0.05) is 16.9 Å². The smallest absolute Gasteiger partial charge is 0.289 e. The first kappa shape index (κ1) is 14.3. The minimum absolute atomic E-state index is 0.0496. The summed E-state index contributed by atoms with van der Waals surface area (Å²) in [5, 5.41) is 13.4. The molecule has 2 aromatic rings. The number of aliphatic hydroxyl groups is 1. The van der Waals surface area contributed by atoms with Crippen LogP contribution < -0.4 is 5.32 Å². The van der Waals surface area contributed by atoms with Gasteiger partial charge in [-0.1, -0.05) is 11.8 Å². The fraction of sp³-hybridized carbons (Fsp3) is 0.286. The van der Waals surface area contributed by atoms with E-state index < -0.39 is 0 Å². The minimum atomic E-state index is -0.289. The van der Waals surface area contributed by atoms with Gasteiger partial charge in [0.1, 0.15) is 0 Å². The number of aromatic nitrogens is 1. The molecule has 2 heterocycles. The number of aliphatic hydroxyl groups excluding tert-OH is 1. The van der Waals surface area contributed by atoms with Crippen molar-refractivity contribution in [3.05, 3.63) is 39.7 Å². The Morgan fingerprint density at radius 2 is 2.45 bits per heavy atom. The average molecular weight is 290 g/mol. The van der Waals surface area contributed by atoms with Gasteiger partial charge in [-0.3, -0.25) is 4.79 Å². The zero-order valence-corrected chi connectivity index (χ0v) is 11.8. The molecule has 0 saturated carbocycles. The lowest BCUT2D eigenvalue weighted by Gasteiger charge is -2.02. The molecular weight excluding hydrogens is 276 g/mol. The molecule has 2 aromatic heterocycles. The molecule has 0 atom stereocenters. The maximum absolute atomic E-state index is 11.9. The quantitative estimate of drug-likeness (QED) is 0.841. The summed E-state index contributed by atoms with van der Waals surface area (Å²) in [6, 6.07) is 1.90. The Labute approximate surface area is 120 Å². The van der Waals surface area contributed by atoms with Crippen LogP contribution in [0.3, 0.4) is 0 Å². The van der Waals surface area contributed by atoms with Crippen LogP contribution >= 0.6 is 11.3 Å². The van der Waals surface area contributed by atoms with Gasteiger partial charge >= 0.3 is 0 Å². The molecule has 0 bridgehead atoms. The van der Waals surface area contributed by atoms with Crippen LogP contribution in [0.15, 0.2) is 22.3 Å². The Morgan fingerprint density at radius 1 is 1.60 bits per heavy atom. The van der Waals surface area contributed by atoms with Crippen LogP contribution in [0.2, 0.25) is 0 Å². The zero-order chi connectivity index (χ0) is 14.4. The summed E-state index contributed by atoms with van der Waals surface area (Å²) in [5.74, 6) is 5.79. The molecule has 1 amide bonds. The van der Waals surface area contributed by atoms with E-state index in [4.69, 9.17) is 9.52 Å². The maximum atomic E-state index is 11.9. The zero-order valence-electron chi connectivity index (χ0n) is 11.0. The topological polar surface area (TPSA) is 75.4 Å². The van der Waals surface area contributed by atoms with Gasteiger partial charge in [0.25, 0.3) is 5.91 Å². The van der Waals surface area contributed by atoms with Crippen molar-refractivity contribution in [3.8, 4) is 11.8 Å². The van der Waals surface area contributed by atoms with E-state index in [2.05, 4.69) is 22.1 Å². The molecule has 0 aromatic carbocycles. The monoisotopic (exact) mass is 290 g/mol. The summed E-state index contributed by atoms with van der Waals surface area (Å²) in [6.07, 6.45) is 1.69. The lowest BCUT2D eigenvalue weighted by atomic mass is 10.2. The number of carbonyl (C=O) groups excluding carboxylic acids is 1. The lowest BCUT2D eigenvalue weighted by Crippen LogP contribution is -2.22. The van der Waals surface area contributed by atoms with E-state index in [1.807, 2.05) is 11.4 Å². The second-order valence-electron chi connectivity index (χ2n) is 3.98. The van der Waals surface area contributed by atoms with Crippen LogP contribution in [0.4, 0.5) is 0 Å². The second-order valence-corrected chi connectivity index (χ2v) is 4.98. The molecule has 0 aliphatic rings. The number of rotatable bonds is 4. The van der Waals surface area contributed by atoms with E-state index in [-0.39, 0.29) is 18.3 Å². The van der Waals surface area contributed by atoms with Gasteiger partial charge in [0.15, 0.2) is 6.39 Å². The number of hydrogen-bond donors (Lipinski definition) is 2. The molecule has 104 valence electrons. The van der Waals surface area contributed by atoms with Crippen molar-refractivity contribution in [2.75, 3.05) is 6.61 Å². The molecule has 0 radical (unpaired) electrons. The van der Waals surface area contributed by atoms with E-state index in [1.165, 1.54) is 17.7 Å². The molecule has 20 heavy (non-hydrogen) atoms. The van der Waals surface area contributed by atoms with Gasteiger partial charge in [-0.15, -0.1) is 11.3 Å². The van der Waals surface area contributed by atoms with Crippen LogP contribution in [0.5, 0.6) is 0 Å². The number of nitrogens with one attached hydrogen (secondary N) is 1. The van der Waals surface area contributed by atoms with Gasteiger partial charge in [-0.25, -0.2) is 4.98 Å². The van der Waals surface area contributed by atoms with Gasteiger partial charge in [0.2, 0.25) is 5.76 Å². The van der Waals surface area contributed by atoms with Crippen LogP contribution in [0.1, 0.15) is 33.1 Å². The molecule has 0 saturated heterocycles. The summed E-state index contributed by atoms with van der Waals surface area (Å²) < 4.78 is 5.03. The molecule has 0 aliphatic heterocycles. The summed E-state index contributed by atoms with van der Waals surface area (Å²) in [6.45, 7) is 2.16. The van der Waals surface area contributed by atoms with Crippen LogP contribution in [0, 0.1) is 18.8 Å². The summed E-state index contributed by atoms with van der Waals surface area (Å²) >= 11 is 1.53. The third kappa shape index (κ3) is 3.47. The van der Waals surface area contributed by atoms with Crippen molar-refractivity contribution in [1.29, 1.82) is 0 Å². The SMILES string of the molecule is Cc1ncoc1C(=O)NCc1sccc1C#CCCO. The first-order chi connectivity index (χ1) is 9.72. The first-order valence-electron chi connectivity index (χ1n) is 6.06. The van der Waals surface area contributed by atoms with Crippen molar-refractivity contribution in [1.82, 2.24) is 10.3 Å². The Hall–Kier alpha value is -2.10. The fourth-order valence-corrected chi connectivity index (χ4v) is 2.33. The molecule has 0 unspecified atom stereocenters. The summed E-state index contributed by atoms with van der Waals surface area (Å²) in [5.41, 5.74) is 1.44. The molecule has 6 heteroatoms. The van der Waals surface area contributed by atoms with E-state index in [1.54, 1.807) is 6.92 Å². The normalized spacial score (nSPS) is 9.90. The van der Waals surface area contributed by atoms with E-state index in [9.17, 15) is 4.79 Å². The van der Waals surface area contributed by atoms with Gasteiger partial charge < -0.3 is 14.8 Å².